The molecule has 0 atom stereocenters. The van der Waals surface area contributed by atoms with Gasteiger partial charge in [0.05, 0.1) is 25.6 Å². The molecule has 4 aromatic rings. The van der Waals surface area contributed by atoms with Crippen LogP contribution in [0, 0.1) is 0 Å². The Morgan fingerprint density at radius 1 is 0.627 bits per heavy atom. The second-order valence-electron chi connectivity index (χ2n) is 13.7. The van der Waals surface area contributed by atoms with Crippen molar-refractivity contribution in [2.45, 2.75) is 90.1 Å². The number of halogens is 1. The highest BCUT2D eigenvalue weighted by Gasteiger charge is 2.22. The van der Waals surface area contributed by atoms with Gasteiger partial charge in [-0.1, -0.05) is 38.5 Å². The van der Waals surface area contributed by atoms with Gasteiger partial charge in [0.25, 0.3) is 11.1 Å². The molecule has 59 heavy (non-hydrogen) atoms. The zero-order valence-corrected chi connectivity index (χ0v) is 35.7. The molecule has 14 nitrogen and oxygen atoms in total. The number of rotatable bonds is 11. The zero-order valence-electron chi connectivity index (χ0n) is 33.4. The van der Waals surface area contributed by atoms with E-state index in [4.69, 9.17) is 31.5 Å². The van der Waals surface area contributed by atoms with E-state index >= 15 is 0 Å². The Morgan fingerprint density at radius 2 is 1.05 bits per heavy atom. The molecule has 2 heterocycles. The number of nitrogens with two attached hydrogens (primary N) is 1. The molecule has 316 valence electrons. The second-order valence-corrected chi connectivity index (χ2v) is 16.1. The molecule has 5 N–H and O–H groups in total. The fourth-order valence-corrected chi connectivity index (χ4v) is 8.34. The Hall–Kier alpha value is -5.45. The Kier molecular flexibility index (Phi) is 18.2. The van der Waals surface area contributed by atoms with Gasteiger partial charge in [-0.25, -0.2) is 9.59 Å². The molecule has 0 radical (unpaired) electrons. The van der Waals surface area contributed by atoms with Crippen molar-refractivity contribution in [1.82, 2.24) is 0 Å². The molecular formula is C42H49ClN4O10S2. The minimum absolute atomic E-state index is 0.319. The maximum absolute atomic E-state index is 12.7. The number of hydrogen-bond donors (Lipinski definition) is 4. The number of hydrogen-bond acceptors (Lipinski definition) is 15. The molecule has 2 aliphatic rings. The molecule has 2 fully saturated rings. The first kappa shape index (κ1) is 46.2. The lowest BCUT2D eigenvalue weighted by molar-refractivity contribution is -0.132. The Morgan fingerprint density at radius 3 is 1.49 bits per heavy atom. The fraction of sp³-hybridized carbons (Fsp3) is 0.381. The summed E-state index contributed by atoms with van der Waals surface area (Å²) in [7, 11) is 2.71. The van der Waals surface area contributed by atoms with Crippen LogP contribution < -0.4 is 31.2 Å². The predicted molar refractivity (Wildman–Crippen MR) is 230 cm³/mol. The molecular weight excluding hydrogens is 820 g/mol. The largest absolute Gasteiger partial charge is 0.465 e. The highest BCUT2D eigenvalue weighted by atomic mass is 35.5. The summed E-state index contributed by atoms with van der Waals surface area (Å²) in [5, 5.41) is 10.9. The third kappa shape index (κ3) is 15.0. The van der Waals surface area contributed by atoms with Crippen LogP contribution in [0.4, 0.5) is 21.4 Å². The van der Waals surface area contributed by atoms with Crippen molar-refractivity contribution >= 4 is 90.7 Å². The summed E-state index contributed by atoms with van der Waals surface area (Å²) in [6.45, 7) is 2.62. The molecule has 2 aromatic carbocycles. The van der Waals surface area contributed by atoms with Crippen LogP contribution in [0.3, 0.4) is 0 Å². The number of methoxy groups -OCH3 is 2. The van der Waals surface area contributed by atoms with Gasteiger partial charge in [-0.3, -0.25) is 19.2 Å². The minimum Gasteiger partial charge on any atom is -0.465 e. The summed E-state index contributed by atoms with van der Waals surface area (Å²) < 4.78 is 19.2. The Labute approximate surface area is 356 Å². The summed E-state index contributed by atoms with van der Waals surface area (Å²) in [6.07, 6.45) is 11.9. The van der Waals surface area contributed by atoms with Crippen LogP contribution in [0.2, 0.25) is 0 Å². The zero-order chi connectivity index (χ0) is 42.9. The van der Waals surface area contributed by atoms with E-state index in [9.17, 15) is 28.8 Å². The summed E-state index contributed by atoms with van der Waals surface area (Å²) >= 11 is 7.86. The number of carbonyl (C=O) groups excluding carboxylic acids is 6. The molecule has 0 bridgehead atoms. The topological polar surface area (TPSA) is 201 Å². The molecule has 6 rings (SSSR count). The highest BCUT2D eigenvalue weighted by molar-refractivity contribution is 7.19. The first-order valence-electron chi connectivity index (χ1n) is 19.1. The minimum atomic E-state index is -0.533. The van der Waals surface area contributed by atoms with E-state index in [2.05, 4.69) is 20.7 Å². The molecule has 2 saturated carbocycles. The molecule has 0 aliphatic heterocycles. The summed E-state index contributed by atoms with van der Waals surface area (Å²) in [5.74, 6) is -1.13. The molecule has 0 saturated heterocycles. The number of nitrogen functional groups attached to an aromatic ring is 1. The smallest absolute Gasteiger partial charge is 0.348 e. The summed E-state index contributed by atoms with van der Waals surface area (Å²) in [5.41, 5.74) is 7.87. The maximum Gasteiger partial charge on any atom is 0.348 e. The van der Waals surface area contributed by atoms with Crippen LogP contribution in [-0.2, 0) is 19.1 Å². The monoisotopic (exact) mass is 868 g/mol. The van der Waals surface area contributed by atoms with Gasteiger partial charge in [0.15, 0.2) is 0 Å². The van der Waals surface area contributed by atoms with Crippen LogP contribution in [0.1, 0.15) is 118 Å². The third-order valence-electron chi connectivity index (χ3n) is 9.12. The van der Waals surface area contributed by atoms with Gasteiger partial charge in [-0.2, -0.15) is 0 Å². The quantitative estimate of drug-likeness (QED) is 0.0632. The van der Waals surface area contributed by atoms with E-state index in [0.29, 0.717) is 55.8 Å². The standard InChI is InChI=1S/C21H24N2O5S.C12H18N2O2S.C9H7ClO3/c1-13(24)28-16-10-8-14(9-11-16)19(25)23-17-12-18(21(26)27-2)29-20(17)22-15-6-4-3-5-7-15;1-16-12(15)10-7-9(13)11(17-10)14-8-5-3-2-4-6-8;1-6(11)13-8-4-2-7(3-5-8)9(10)12/h8-12,15,22H,3-7H2,1-2H3,(H,23,25);7-8,14H,2-6,13H2,1H3;2-5H,1H3. The third-order valence-corrected chi connectivity index (χ3v) is 11.4. The van der Waals surface area contributed by atoms with Crippen molar-refractivity contribution in [2.24, 2.45) is 0 Å². The Balaban J connectivity index is 0.000000216. The van der Waals surface area contributed by atoms with E-state index in [1.807, 2.05) is 0 Å². The number of amides is 1. The number of carbonyl (C=O) groups is 6. The molecule has 17 heteroatoms. The van der Waals surface area contributed by atoms with Crippen LogP contribution in [0.25, 0.3) is 0 Å². The van der Waals surface area contributed by atoms with Crippen molar-refractivity contribution < 1.29 is 47.7 Å². The van der Waals surface area contributed by atoms with Crippen molar-refractivity contribution in [2.75, 3.05) is 35.9 Å². The van der Waals surface area contributed by atoms with Gasteiger partial charge < -0.3 is 40.6 Å². The second kappa shape index (κ2) is 23.2. The van der Waals surface area contributed by atoms with Gasteiger partial charge in [-0.15, -0.1) is 22.7 Å². The SMILES string of the molecule is CC(=O)Oc1ccc(C(=O)Cl)cc1.COC(=O)c1cc(N)c(NC2CCCCC2)s1.COC(=O)c1cc(NC(=O)c2ccc(OC(C)=O)cc2)c(NC2CCCCC2)s1. The van der Waals surface area contributed by atoms with Gasteiger partial charge >= 0.3 is 23.9 Å². The van der Waals surface area contributed by atoms with Crippen molar-refractivity contribution in [3.05, 3.63) is 81.5 Å². The van der Waals surface area contributed by atoms with Gasteiger partial charge in [0.1, 0.15) is 31.3 Å². The van der Waals surface area contributed by atoms with Gasteiger partial charge in [0, 0.05) is 37.1 Å². The van der Waals surface area contributed by atoms with E-state index in [0.717, 1.165) is 22.8 Å². The van der Waals surface area contributed by atoms with Crippen molar-refractivity contribution in [3.63, 3.8) is 0 Å². The highest BCUT2D eigenvalue weighted by Crippen LogP contribution is 2.36. The van der Waals surface area contributed by atoms with E-state index in [1.54, 1.807) is 36.4 Å². The number of ether oxygens (including phenoxy) is 4. The van der Waals surface area contributed by atoms with Gasteiger partial charge in [-0.05, 0) is 97.9 Å². The number of nitrogens with one attached hydrogen (secondary N) is 3. The van der Waals surface area contributed by atoms with Crippen LogP contribution in [0.5, 0.6) is 11.5 Å². The average molecular weight is 869 g/mol. The van der Waals surface area contributed by atoms with Crippen LogP contribution in [-0.4, -0.2) is 61.3 Å². The van der Waals surface area contributed by atoms with Crippen LogP contribution in [0.15, 0.2) is 60.7 Å². The molecule has 2 aliphatic carbocycles. The maximum atomic E-state index is 12.7. The molecule has 1 amide bonds. The lowest BCUT2D eigenvalue weighted by Gasteiger charge is -2.23. The van der Waals surface area contributed by atoms with Crippen LogP contribution >= 0.6 is 34.3 Å². The number of anilines is 4. The van der Waals surface area contributed by atoms with E-state index < -0.39 is 23.2 Å². The lowest BCUT2D eigenvalue weighted by atomic mass is 9.96. The first-order chi connectivity index (χ1) is 28.3. The molecule has 0 unspecified atom stereocenters. The van der Waals surface area contributed by atoms with E-state index in [1.165, 1.54) is 126 Å². The molecule has 2 aromatic heterocycles. The number of thiophene rings is 2. The average Bonchev–Trinajstić information content (AvgIpc) is 3.80. The Bertz CT molecular complexity index is 2060. The normalized spacial score (nSPS) is 13.8. The van der Waals surface area contributed by atoms with Crippen molar-refractivity contribution in [3.8, 4) is 11.5 Å². The van der Waals surface area contributed by atoms with Gasteiger partial charge in [0.2, 0.25) is 0 Å². The van der Waals surface area contributed by atoms with Crippen molar-refractivity contribution in [1.29, 1.82) is 0 Å². The summed E-state index contributed by atoms with van der Waals surface area (Å²) in [6, 6.07) is 16.4. The first-order valence-corrected chi connectivity index (χ1v) is 21.1. The molecule has 0 spiro atoms. The fourth-order valence-electron chi connectivity index (χ4n) is 6.23. The van der Waals surface area contributed by atoms with E-state index in [-0.39, 0.29) is 11.9 Å². The summed E-state index contributed by atoms with van der Waals surface area (Å²) in [4.78, 5) is 69.2. The number of benzene rings is 2. The predicted octanol–water partition coefficient (Wildman–Crippen LogP) is 9.31. The lowest BCUT2D eigenvalue weighted by Crippen LogP contribution is -2.22. The number of esters is 4.